The fourth-order valence-electron chi connectivity index (χ4n) is 1.68. The Hall–Kier alpha value is -0.700. The Labute approximate surface area is 136 Å². The molecule has 5 nitrogen and oxygen atoms in total. The van der Waals surface area contributed by atoms with Gasteiger partial charge >= 0.3 is 0 Å². The molecule has 0 saturated carbocycles. The van der Waals surface area contributed by atoms with E-state index in [1.165, 1.54) is 23.5 Å². The van der Waals surface area contributed by atoms with Gasteiger partial charge in [0.25, 0.3) is 0 Å². The number of thiazole rings is 1. The average molecular weight is 367 g/mol. The quantitative estimate of drug-likeness (QED) is 0.822. The van der Waals surface area contributed by atoms with Gasteiger partial charge in [0.2, 0.25) is 10.0 Å². The summed E-state index contributed by atoms with van der Waals surface area (Å²) in [6, 6.07) is 2.71. The molecule has 0 aliphatic heterocycles. The molecular formula is C12H12Cl2N2O3S2. The van der Waals surface area contributed by atoms with Gasteiger partial charge in [-0.15, -0.1) is 11.3 Å². The zero-order valence-electron chi connectivity index (χ0n) is 10.7. The fraction of sp³-hybridized carbons (Fsp3) is 0.250. The van der Waals surface area contributed by atoms with Gasteiger partial charge in [0.15, 0.2) is 0 Å². The summed E-state index contributed by atoms with van der Waals surface area (Å²) in [4.78, 5) is 3.97. The minimum absolute atomic E-state index is 0.0637. The van der Waals surface area contributed by atoms with E-state index in [-0.39, 0.29) is 27.0 Å². The first-order valence-corrected chi connectivity index (χ1v) is 9.08. The third-order valence-electron chi connectivity index (χ3n) is 2.75. The molecule has 9 heteroatoms. The van der Waals surface area contributed by atoms with Crippen LogP contribution in [-0.2, 0) is 23.1 Å². The highest BCUT2D eigenvalue weighted by Gasteiger charge is 2.21. The van der Waals surface area contributed by atoms with Crippen molar-refractivity contribution in [1.29, 1.82) is 0 Å². The zero-order chi connectivity index (χ0) is 15.5. The van der Waals surface area contributed by atoms with Gasteiger partial charge in [-0.25, -0.2) is 18.1 Å². The van der Waals surface area contributed by atoms with Crippen molar-refractivity contribution < 1.29 is 13.5 Å². The van der Waals surface area contributed by atoms with Crippen LogP contribution in [0.4, 0.5) is 0 Å². The van der Waals surface area contributed by atoms with Gasteiger partial charge in [-0.3, -0.25) is 0 Å². The average Bonchev–Trinajstić information content (AvgIpc) is 2.92. The van der Waals surface area contributed by atoms with Gasteiger partial charge in [0.05, 0.1) is 22.8 Å². The van der Waals surface area contributed by atoms with Crippen LogP contribution < -0.4 is 4.72 Å². The summed E-state index contributed by atoms with van der Waals surface area (Å²) < 4.78 is 26.9. The topological polar surface area (TPSA) is 79.3 Å². The summed E-state index contributed by atoms with van der Waals surface area (Å²) in [5.74, 6) is 0. The number of sulfonamides is 1. The third-order valence-corrected chi connectivity index (χ3v) is 5.79. The summed E-state index contributed by atoms with van der Waals surface area (Å²) >= 11 is 13.3. The van der Waals surface area contributed by atoms with Crippen molar-refractivity contribution >= 4 is 44.6 Å². The Balaban J connectivity index is 2.16. The number of nitrogens with zero attached hydrogens (tertiary/aromatic N) is 1. The number of hydrogen-bond acceptors (Lipinski definition) is 5. The van der Waals surface area contributed by atoms with Gasteiger partial charge in [-0.2, -0.15) is 0 Å². The van der Waals surface area contributed by atoms with Crippen molar-refractivity contribution in [3.8, 4) is 0 Å². The smallest absolute Gasteiger partial charge is 0.242 e. The lowest BCUT2D eigenvalue weighted by molar-refractivity contribution is 0.281. The second-order valence-corrected chi connectivity index (χ2v) is 7.36. The molecule has 1 aromatic carbocycles. The van der Waals surface area contributed by atoms with Crippen LogP contribution in [-0.4, -0.2) is 25.1 Å². The monoisotopic (exact) mass is 366 g/mol. The summed E-state index contributed by atoms with van der Waals surface area (Å²) in [6.45, 7) is -0.223. The molecule has 2 rings (SSSR count). The standard InChI is InChI=1S/C12H12Cl2N2O3S2/c13-10-1-2-11(12(14)9(10)5-17)21(18,19)16-4-3-8-6-20-7-15-8/h1-2,6-7,16-17H,3-5H2. The molecule has 1 aromatic heterocycles. The lowest BCUT2D eigenvalue weighted by atomic mass is 10.2. The van der Waals surface area contributed by atoms with Gasteiger partial charge in [-0.1, -0.05) is 23.2 Å². The van der Waals surface area contributed by atoms with E-state index in [2.05, 4.69) is 9.71 Å². The maximum Gasteiger partial charge on any atom is 0.242 e. The SMILES string of the molecule is O=S(=O)(NCCc1cscn1)c1ccc(Cl)c(CO)c1Cl. The molecule has 0 aliphatic rings. The molecule has 0 spiro atoms. The van der Waals surface area contributed by atoms with Crippen molar-refractivity contribution in [2.45, 2.75) is 17.9 Å². The van der Waals surface area contributed by atoms with Crippen molar-refractivity contribution in [3.63, 3.8) is 0 Å². The molecule has 21 heavy (non-hydrogen) atoms. The van der Waals surface area contributed by atoms with E-state index in [9.17, 15) is 13.5 Å². The minimum atomic E-state index is -3.77. The van der Waals surface area contributed by atoms with Gasteiger partial charge < -0.3 is 5.11 Å². The minimum Gasteiger partial charge on any atom is -0.392 e. The third kappa shape index (κ3) is 3.94. The molecule has 114 valence electrons. The van der Waals surface area contributed by atoms with Crippen LogP contribution in [0.15, 0.2) is 27.9 Å². The van der Waals surface area contributed by atoms with Crippen LogP contribution in [0, 0.1) is 0 Å². The maximum atomic E-state index is 12.2. The van der Waals surface area contributed by atoms with Crippen LogP contribution >= 0.6 is 34.5 Å². The van der Waals surface area contributed by atoms with Crippen molar-refractivity contribution in [1.82, 2.24) is 9.71 Å². The van der Waals surface area contributed by atoms with Crippen molar-refractivity contribution in [2.24, 2.45) is 0 Å². The molecule has 0 unspecified atom stereocenters. The van der Waals surface area contributed by atoms with E-state index in [1.54, 1.807) is 5.51 Å². The van der Waals surface area contributed by atoms with E-state index in [1.807, 2.05) is 5.38 Å². The van der Waals surface area contributed by atoms with E-state index >= 15 is 0 Å². The Morgan fingerprint density at radius 1 is 1.33 bits per heavy atom. The lowest BCUT2D eigenvalue weighted by Gasteiger charge is -2.11. The molecule has 2 aromatic rings. The first-order chi connectivity index (χ1) is 9.95. The molecule has 0 bridgehead atoms. The number of hydrogen-bond donors (Lipinski definition) is 2. The summed E-state index contributed by atoms with van der Waals surface area (Å²) in [5, 5.41) is 11.2. The van der Waals surface area contributed by atoms with E-state index in [0.717, 1.165) is 5.69 Å². The Kier molecular flexibility index (Phi) is 5.59. The van der Waals surface area contributed by atoms with Crippen LogP contribution in [0.25, 0.3) is 0 Å². The zero-order valence-corrected chi connectivity index (χ0v) is 13.9. The summed E-state index contributed by atoms with van der Waals surface area (Å²) in [6.07, 6.45) is 0.487. The number of benzene rings is 1. The predicted molar refractivity (Wildman–Crippen MR) is 83.4 cm³/mol. The fourth-order valence-corrected chi connectivity index (χ4v) is 4.20. The van der Waals surface area contributed by atoms with Crippen LogP contribution in [0.5, 0.6) is 0 Å². The highest BCUT2D eigenvalue weighted by molar-refractivity contribution is 7.89. The predicted octanol–water partition coefficient (Wildman–Crippen LogP) is 2.46. The second kappa shape index (κ2) is 7.04. The second-order valence-electron chi connectivity index (χ2n) is 4.12. The van der Waals surface area contributed by atoms with Gasteiger partial charge in [0.1, 0.15) is 4.90 Å². The molecule has 0 aliphatic carbocycles. The number of aromatic nitrogens is 1. The molecule has 2 N–H and O–H groups in total. The van der Waals surface area contributed by atoms with Crippen LogP contribution in [0.1, 0.15) is 11.3 Å². The number of aliphatic hydroxyl groups excluding tert-OH is 1. The molecule has 1 heterocycles. The number of aliphatic hydroxyl groups is 1. The van der Waals surface area contributed by atoms with Crippen LogP contribution in [0.2, 0.25) is 10.0 Å². The highest BCUT2D eigenvalue weighted by atomic mass is 35.5. The van der Waals surface area contributed by atoms with Crippen LogP contribution in [0.3, 0.4) is 0 Å². The largest absolute Gasteiger partial charge is 0.392 e. The van der Waals surface area contributed by atoms with E-state index < -0.39 is 16.6 Å². The van der Waals surface area contributed by atoms with Crippen molar-refractivity contribution in [3.05, 3.63) is 44.3 Å². The molecule has 0 amide bonds. The maximum absolute atomic E-state index is 12.2. The molecule has 0 saturated heterocycles. The normalized spacial score (nSPS) is 11.8. The van der Waals surface area contributed by atoms with E-state index in [0.29, 0.717) is 6.42 Å². The Bertz CT molecular complexity index is 718. The first-order valence-electron chi connectivity index (χ1n) is 5.90. The molecular weight excluding hydrogens is 355 g/mol. The molecule has 0 fully saturated rings. The number of rotatable bonds is 6. The highest BCUT2D eigenvalue weighted by Crippen LogP contribution is 2.30. The lowest BCUT2D eigenvalue weighted by Crippen LogP contribution is -2.26. The van der Waals surface area contributed by atoms with Crippen molar-refractivity contribution in [2.75, 3.05) is 6.54 Å². The summed E-state index contributed by atoms with van der Waals surface area (Å²) in [5.41, 5.74) is 2.70. The molecule has 0 radical (unpaired) electrons. The first kappa shape index (κ1) is 16.7. The summed E-state index contributed by atoms with van der Waals surface area (Å²) in [7, 11) is -3.77. The number of halogens is 2. The molecule has 0 atom stereocenters. The Morgan fingerprint density at radius 2 is 2.10 bits per heavy atom. The van der Waals surface area contributed by atoms with Gasteiger partial charge in [0, 0.05) is 28.9 Å². The van der Waals surface area contributed by atoms with E-state index in [4.69, 9.17) is 23.2 Å². The van der Waals surface area contributed by atoms with Gasteiger partial charge in [-0.05, 0) is 12.1 Å². The number of nitrogens with one attached hydrogen (secondary N) is 1. The Morgan fingerprint density at radius 3 is 2.71 bits per heavy atom.